The molecule has 2 N–H and O–H groups in total. The largest absolute Gasteiger partial charge is 0.355 e. The molecule has 1 aliphatic heterocycles. The monoisotopic (exact) mass is 250 g/mol. The second kappa shape index (κ2) is 6.50. The number of benzene rings is 1. The van der Waals surface area contributed by atoms with E-state index in [1.54, 1.807) is 6.07 Å². The molecule has 0 aliphatic carbocycles. The van der Waals surface area contributed by atoms with Crippen molar-refractivity contribution in [3.8, 4) is 0 Å². The van der Waals surface area contributed by atoms with Crippen molar-refractivity contribution in [1.29, 1.82) is 0 Å². The van der Waals surface area contributed by atoms with E-state index in [4.69, 9.17) is 0 Å². The number of piperidine rings is 1. The maximum absolute atomic E-state index is 12.9. The molecule has 1 amide bonds. The third kappa shape index (κ3) is 3.81. The van der Waals surface area contributed by atoms with Crippen LogP contribution in [0.1, 0.15) is 18.4 Å². The van der Waals surface area contributed by atoms with Gasteiger partial charge >= 0.3 is 0 Å². The van der Waals surface area contributed by atoms with E-state index in [0.717, 1.165) is 31.5 Å². The summed E-state index contributed by atoms with van der Waals surface area (Å²) < 4.78 is 12.9. The molecule has 4 heteroatoms. The SMILES string of the molecule is O=C(NCCc1cccc(F)c1)[C@H]1CCCNC1. The Kier molecular flexibility index (Phi) is 4.70. The summed E-state index contributed by atoms with van der Waals surface area (Å²) in [5.41, 5.74) is 0.914. The van der Waals surface area contributed by atoms with Crippen LogP contribution >= 0.6 is 0 Å². The molecule has 0 spiro atoms. The van der Waals surface area contributed by atoms with Crippen LogP contribution < -0.4 is 10.6 Å². The molecule has 0 radical (unpaired) electrons. The zero-order valence-electron chi connectivity index (χ0n) is 10.4. The third-order valence-electron chi connectivity index (χ3n) is 3.27. The second-order valence-corrected chi connectivity index (χ2v) is 4.71. The lowest BCUT2D eigenvalue weighted by molar-refractivity contribution is -0.125. The first kappa shape index (κ1) is 13.0. The molecule has 0 saturated carbocycles. The van der Waals surface area contributed by atoms with Gasteiger partial charge in [-0.3, -0.25) is 4.79 Å². The first-order valence-electron chi connectivity index (χ1n) is 6.48. The van der Waals surface area contributed by atoms with Gasteiger partial charge in [-0.1, -0.05) is 12.1 Å². The van der Waals surface area contributed by atoms with E-state index in [1.807, 2.05) is 6.07 Å². The number of nitrogens with one attached hydrogen (secondary N) is 2. The van der Waals surface area contributed by atoms with Crippen molar-refractivity contribution < 1.29 is 9.18 Å². The van der Waals surface area contributed by atoms with Gasteiger partial charge in [0.05, 0.1) is 5.92 Å². The van der Waals surface area contributed by atoms with Gasteiger partial charge in [0.25, 0.3) is 0 Å². The number of carbonyl (C=O) groups excluding carboxylic acids is 1. The van der Waals surface area contributed by atoms with E-state index in [0.29, 0.717) is 13.0 Å². The van der Waals surface area contributed by atoms with E-state index in [2.05, 4.69) is 10.6 Å². The summed E-state index contributed by atoms with van der Waals surface area (Å²) in [4.78, 5) is 11.8. The Morgan fingerprint density at radius 2 is 2.39 bits per heavy atom. The van der Waals surface area contributed by atoms with Crippen LogP contribution in [0.5, 0.6) is 0 Å². The van der Waals surface area contributed by atoms with Gasteiger partial charge in [-0.15, -0.1) is 0 Å². The average Bonchev–Trinajstić information content (AvgIpc) is 2.40. The Balaban J connectivity index is 1.73. The van der Waals surface area contributed by atoms with Crippen LogP contribution in [0, 0.1) is 11.7 Å². The van der Waals surface area contributed by atoms with Crippen molar-refractivity contribution in [3.05, 3.63) is 35.6 Å². The molecule has 1 fully saturated rings. The van der Waals surface area contributed by atoms with E-state index in [1.165, 1.54) is 12.1 Å². The van der Waals surface area contributed by atoms with E-state index in [-0.39, 0.29) is 17.6 Å². The van der Waals surface area contributed by atoms with Crippen molar-refractivity contribution in [1.82, 2.24) is 10.6 Å². The van der Waals surface area contributed by atoms with Crippen LogP contribution in [0.3, 0.4) is 0 Å². The Morgan fingerprint density at radius 3 is 3.11 bits per heavy atom. The van der Waals surface area contributed by atoms with Crippen molar-refractivity contribution >= 4 is 5.91 Å². The lowest BCUT2D eigenvalue weighted by Crippen LogP contribution is -2.41. The number of amides is 1. The molecule has 98 valence electrons. The molecular formula is C14H19FN2O. The van der Waals surface area contributed by atoms with E-state index in [9.17, 15) is 9.18 Å². The second-order valence-electron chi connectivity index (χ2n) is 4.71. The molecule has 18 heavy (non-hydrogen) atoms. The zero-order chi connectivity index (χ0) is 12.8. The van der Waals surface area contributed by atoms with Crippen LogP contribution in [0.2, 0.25) is 0 Å². The standard InChI is InChI=1S/C14H19FN2O/c15-13-5-1-3-11(9-13)6-8-17-14(18)12-4-2-7-16-10-12/h1,3,5,9,12,16H,2,4,6-8,10H2,(H,17,18)/t12-/m0/s1. The fourth-order valence-electron chi connectivity index (χ4n) is 2.24. The number of rotatable bonds is 4. The number of carbonyl (C=O) groups is 1. The highest BCUT2D eigenvalue weighted by Crippen LogP contribution is 2.09. The molecular weight excluding hydrogens is 231 g/mol. The molecule has 3 nitrogen and oxygen atoms in total. The summed E-state index contributed by atoms with van der Waals surface area (Å²) in [5.74, 6) is -0.0276. The fourth-order valence-corrected chi connectivity index (χ4v) is 2.24. The van der Waals surface area contributed by atoms with Gasteiger partial charge in [0.1, 0.15) is 5.82 Å². The van der Waals surface area contributed by atoms with Crippen molar-refractivity contribution in [3.63, 3.8) is 0 Å². The highest BCUT2D eigenvalue weighted by Gasteiger charge is 2.19. The maximum atomic E-state index is 12.9. The van der Waals surface area contributed by atoms with Gasteiger partial charge in [0.2, 0.25) is 5.91 Å². The van der Waals surface area contributed by atoms with Gasteiger partial charge in [-0.05, 0) is 43.5 Å². The first-order chi connectivity index (χ1) is 8.75. The molecule has 0 bridgehead atoms. The summed E-state index contributed by atoms with van der Waals surface area (Å²) in [7, 11) is 0. The summed E-state index contributed by atoms with van der Waals surface area (Å²) >= 11 is 0. The smallest absolute Gasteiger partial charge is 0.224 e. The van der Waals surface area contributed by atoms with E-state index >= 15 is 0 Å². The van der Waals surface area contributed by atoms with Gasteiger partial charge < -0.3 is 10.6 Å². The number of hydrogen-bond acceptors (Lipinski definition) is 2. The minimum atomic E-state index is -0.227. The summed E-state index contributed by atoms with van der Waals surface area (Å²) in [6.45, 7) is 2.34. The Hall–Kier alpha value is -1.42. The summed E-state index contributed by atoms with van der Waals surface area (Å²) in [5, 5.41) is 6.14. The van der Waals surface area contributed by atoms with Gasteiger partial charge in [-0.2, -0.15) is 0 Å². The number of halogens is 1. The first-order valence-corrected chi connectivity index (χ1v) is 6.48. The minimum absolute atomic E-state index is 0.0891. The molecule has 0 aromatic heterocycles. The predicted molar refractivity (Wildman–Crippen MR) is 68.7 cm³/mol. The van der Waals surface area contributed by atoms with E-state index < -0.39 is 0 Å². The van der Waals surface area contributed by atoms with Crippen LogP contribution in [-0.2, 0) is 11.2 Å². The predicted octanol–water partition coefficient (Wildman–Crippen LogP) is 1.48. The maximum Gasteiger partial charge on any atom is 0.224 e. The number of hydrogen-bond donors (Lipinski definition) is 2. The van der Waals surface area contributed by atoms with Crippen LogP contribution in [0.4, 0.5) is 4.39 Å². The Labute approximate surface area is 107 Å². The normalized spacial score (nSPS) is 19.5. The van der Waals surface area contributed by atoms with Gasteiger partial charge in [-0.25, -0.2) is 4.39 Å². The van der Waals surface area contributed by atoms with Crippen LogP contribution in [0.25, 0.3) is 0 Å². The highest BCUT2D eigenvalue weighted by molar-refractivity contribution is 5.78. The zero-order valence-corrected chi connectivity index (χ0v) is 10.4. The minimum Gasteiger partial charge on any atom is -0.355 e. The van der Waals surface area contributed by atoms with Crippen molar-refractivity contribution in [2.75, 3.05) is 19.6 Å². The summed E-state index contributed by atoms with van der Waals surface area (Å²) in [6, 6.07) is 6.50. The van der Waals surface area contributed by atoms with Crippen LogP contribution in [0.15, 0.2) is 24.3 Å². The Morgan fingerprint density at radius 1 is 1.50 bits per heavy atom. The molecule has 2 rings (SSSR count). The molecule has 1 aliphatic rings. The Bertz CT molecular complexity index is 403. The summed E-state index contributed by atoms with van der Waals surface area (Å²) in [6.07, 6.45) is 2.68. The molecule has 1 atom stereocenters. The fraction of sp³-hybridized carbons (Fsp3) is 0.500. The molecule has 1 heterocycles. The quantitative estimate of drug-likeness (QED) is 0.850. The lowest BCUT2D eigenvalue weighted by Gasteiger charge is -2.21. The van der Waals surface area contributed by atoms with Crippen molar-refractivity contribution in [2.45, 2.75) is 19.3 Å². The third-order valence-corrected chi connectivity index (χ3v) is 3.27. The average molecular weight is 250 g/mol. The topological polar surface area (TPSA) is 41.1 Å². The van der Waals surface area contributed by atoms with Gasteiger partial charge in [0, 0.05) is 13.1 Å². The van der Waals surface area contributed by atoms with Crippen molar-refractivity contribution in [2.24, 2.45) is 5.92 Å². The van der Waals surface area contributed by atoms with Crippen LogP contribution in [-0.4, -0.2) is 25.5 Å². The lowest BCUT2D eigenvalue weighted by atomic mass is 9.99. The molecule has 1 aromatic rings. The molecule has 0 unspecified atom stereocenters. The highest BCUT2D eigenvalue weighted by atomic mass is 19.1. The van der Waals surface area contributed by atoms with Gasteiger partial charge in [0.15, 0.2) is 0 Å². The molecule has 1 aromatic carbocycles. The molecule has 1 saturated heterocycles.